The van der Waals surface area contributed by atoms with Crippen molar-refractivity contribution in [2.75, 3.05) is 37.0 Å². The van der Waals surface area contributed by atoms with Crippen LogP contribution < -0.4 is 4.90 Å². The van der Waals surface area contributed by atoms with Crippen LogP contribution in [-0.2, 0) is 9.53 Å². The number of anilines is 1. The molecule has 4 nitrogen and oxygen atoms in total. The number of hydrogen-bond acceptors (Lipinski definition) is 5. The average Bonchev–Trinajstić information content (AvgIpc) is 2.63. The molecule has 0 aromatic carbocycles. The number of halogens is 2. The standard InChI is InChI=1S/C20H30ClFN2O2S/c1-3-5-6-15(4-2)14-26-18(25)8-10-27-17-7-9-23-20(19(17)21)24-12-16(11-22)13-24/h7,9,15-16H,3-6,8,10-14H2,1-2H3. The van der Waals surface area contributed by atoms with Gasteiger partial charge in [0.15, 0.2) is 0 Å². The van der Waals surface area contributed by atoms with Gasteiger partial charge in [-0.3, -0.25) is 9.18 Å². The van der Waals surface area contributed by atoms with Gasteiger partial charge in [0.05, 0.1) is 24.7 Å². The minimum absolute atomic E-state index is 0.0817. The first-order chi connectivity index (χ1) is 13.1. The number of hydrogen-bond donors (Lipinski definition) is 0. The molecule has 0 spiro atoms. The largest absolute Gasteiger partial charge is 0.465 e. The van der Waals surface area contributed by atoms with Crippen LogP contribution >= 0.6 is 23.4 Å². The third-order valence-corrected chi connectivity index (χ3v) is 6.44. The minimum atomic E-state index is -0.304. The van der Waals surface area contributed by atoms with E-state index >= 15 is 0 Å². The smallest absolute Gasteiger partial charge is 0.306 e. The lowest BCUT2D eigenvalue weighted by Crippen LogP contribution is -2.48. The van der Waals surface area contributed by atoms with Crippen molar-refractivity contribution in [3.63, 3.8) is 0 Å². The maximum Gasteiger partial charge on any atom is 0.306 e. The number of pyridine rings is 1. The quantitative estimate of drug-likeness (QED) is 0.338. The van der Waals surface area contributed by atoms with Gasteiger partial charge in [-0.15, -0.1) is 11.8 Å². The van der Waals surface area contributed by atoms with Gasteiger partial charge in [0.1, 0.15) is 5.82 Å². The summed E-state index contributed by atoms with van der Waals surface area (Å²) in [5.41, 5.74) is 0. The Hall–Kier alpha value is -1.01. The molecule has 7 heteroatoms. The van der Waals surface area contributed by atoms with Crippen molar-refractivity contribution in [3.8, 4) is 0 Å². The van der Waals surface area contributed by atoms with Crippen LogP contribution in [0.3, 0.4) is 0 Å². The second-order valence-corrected chi connectivity index (χ2v) is 8.58. The number of unbranched alkanes of at least 4 members (excludes halogenated alkanes) is 1. The zero-order chi connectivity index (χ0) is 19.6. The number of nitrogens with zero attached hydrogens (tertiary/aromatic N) is 2. The number of alkyl halides is 1. The van der Waals surface area contributed by atoms with Gasteiger partial charge in [-0.25, -0.2) is 4.98 Å². The molecule has 0 aliphatic carbocycles. The minimum Gasteiger partial charge on any atom is -0.465 e. The molecule has 1 unspecified atom stereocenters. The second-order valence-electron chi connectivity index (χ2n) is 7.07. The molecule has 2 rings (SSSR count). The van der Waals surface area contributed by atoms with Crippen molar-refractivity contribution in [2.45, 2.75) is 50.8 Å². The van der Waals surface area contributed by atoms with E-state index in [1.165, 1.54) is 24.6 Å². The predicted molar refractivity (Wildman–Crippen MR) is 111 cm³/mol. The first-order valence-corrected chi connectivity index (χ1v) is 11.2. The Morgan fingerprint density at radius 2 is 2.26 bits per heavy atom. The Morgan fingerprint density at radius 3 is 2.93 bits per heavy atom. The molecule has 1 atom stereocenters. The summed E-state index contributed by atoms with van der Waals surface area (Å²) in [6.45, 7) is 5.83. The fraction of sp³-hybridized carbons (Fsp3) is 0.700. The molecule has 1 aliphatic heterocycles. The highest BCUT2D eigenvalue weighted by atomic mass is 35.5. The lowest BCUT2D eigenvalue weighted by molar-refractivity contribution is -0.144. The molecule has 2 heterocycles. The highest BCUT2D eigenvalue weighted by molar-refractivity contribution is 7.99. The summed E-state index contributed by atoms with van der Waals surface area (Å²) in [6.07, 6.45) is 6.57. The Labute approximate surface area is 171 Å². The Kier molecular flexibility index (Phi) is 9.69. The van der Waals surface area contributed by atoms with Crippen molar-refractivity contribution in [3.05, 3.63) is 17.3 Å². The summed E-state index contributed by atoms with van der Waals surface area (Å²) in [4.78, 5) is 19.2. The van der Waals surface area contributed by atoms with Crippen LogP contribution in [0.4, 0.5) is 10.2 Å². The SMILES string of the molecule is CCCCC(CC)COC(=O)CCSc1ccnc(N2CC(CF)C2)c1Cl. The van der Waals surface area contributed by atoms with E-state index in [4.69, 9.17) is 16.3 Å². The van der Waals surface area contributed by atoms with Gasteiger partial charge in [0.2, 0.25) is 0 Å². The van der Waals surface area contributed by atoms with Crippen LogP contribution in [0.5, 0.6) is 0 Å². The van der Waals surface area contributed by atoms with Crippen molar-refractivity contribution < 1.29 is 13.9 Å². The van der Waals surface area contributed by atoms with Crippen molar-refractivity contribution in [1.29, 1.82) is 0 Å². The summed E-state index contributed by atoms with van der Waals surface area (Å²) in [5, 5.41) is 0.582. The molecular weight excluding hydrogens is 387 g/mol. The third kappa shape index (κ3) is 6.83. The molecule has 0 amide bonds. The van der Waals surface area contributed by atoms with E-state index in [2.05, 4.69) is 18.8 Å². The van der Waals surface area contributed by atoms with Crippen LogP contribution in [0.25, 0.3) is 0 Å². The molecule has 0 bridgehead atoms. The molecule has 152 valence electrons. The van der Waals surface area contributed by atoms with Crippen LogP contribution in [0.1, 0.15) is 46.0 Å². The van der Waals surface area contributed by atoms with Gasteiger partial charge in [-0.05, 0) is 18.4 Å². The van der Waals surface area contributed by atoms with Crippen LogP contribution in [0, 0.1) is 11.8 Å². The Morgan fingerprint density at radius 1 is 1.48 bits per heavy atom. The van der Waals surface area contributed by atoms with E-state index in [9.17, 15) is 9.18 Å². The number of rotatable bonds is 12. The van der Waals surface area contributed by atoms with E-state index in [1.807, 2.05) is 11.0 Å². The highest BCUT2D eigenvalue weighted by Crippen LogP contribution is 2.36. The molecule has 0 N–H and O–H groups in total. The number of ether oxygens (including phenoxy) is 1. The number of esters is 1. The fourth-order valence-electron chi connectivity index (χ4n) is 3.01. The Bertz CT molecular complexity index is 599. The third-order valence-electron chi connectivity index (χ3n) is 4.90. The molecule has 0 radical (unpaired) electrons. The molecular formula is C20H30ClFN2O2S. The maximum absolute atomic E-state index is 12.6. The fourth-order valence-corrected chi connectivity index (χ4v) is 4.27. The Balaban J connectivity index is 1.74. The van der Waals surface area contributed by atoms with E-state index in [0.29, 0.717) is 48.6 Å². The monoisotopic (exact) mass is 416 g/mol. The molecule has 27 heavy (non-hydrogen) atoms. The molecule has 1 saturated heterocycles. The zero-order valence-electron chi connectivity index (χ0n) is 16.3. The number of carbonyl (C=O) groups is 1. The summed E-state index contributed by atoms with van der Waals surface area (Å²) in [5.74, 6) is 1.70. The average molecular weight is 417 g/mol. The van der Waals surface area contributed by atoms with Crippen molar-refractivity contribution in [1.82, 2.24) is 4.98 Å². The van der Waals surface area contributed by atoms with Gasteiger partial charge >= 0.3 is 5.97 Å². The maximum atomic E-state index is 12.6. The zero-order valence-corrected chi connectivity index (χ0v) is 17.8. The lowest BCUT2D eigenvalue weighted by atomic mass is 10.0. The first-order valence-electron chi connectivity index (χ1n) is 9.82. The van der Waals surface area contributed by atoms with E-state index < -0.39 is 0 Å². The summed E-state index contributed by atoms with van der Waals surface area (Å²) in [6, 6.07) is 1.85. The lowest BCUT2D eigenvalue weighted by Gasteiger charge is -2.39. The summed E-state index contributed by atoms with van der Waals surface area (Å²) >= 11 is 7.99. The number of aromatic nitrogens is 1. The number of thioether (sulfide) groups is 1. The highest BCUT2D eigenvalue weighted by Gasteiger charge is 2.29. The van der Waals surface area contributed by atoms with Crippen LogP contribution in [0.15, 0.2) is 17.2 Å². The van der Waals surface area contributed by atoms with E-state index in [-0.39, 0.29) is 18.6 Å². The van der Waals surface area contributed by atoms with Gasteiger partial charge < -0.3 is 9.64 Å². The molecule has 1 aliphatic rings. The van der Waals surface area contributed by atoms with Crippen molar-refractivity contribution >= 4 is 35.1 Å². The summed E-state index contributed by atoms with van der Waals surface area (Å²) < 4.78 is 18.0. The topological polar surface area (TPSA) is 42.4 Å². The van der Waals surface area contributed by atoms with Gasteiger partial charge in [0.25, 0.3) is 0 Å². The molecule has 1 fully saturated rings. The van der Waals surface area contributed by atoms with Crippen LogP contribution in [-0.4, -0.2) is 43.1 Å². The molecule has 1 aromatic heterocycles. The predicted octanol–water partition coefficient (Wildman–Crippen LogP) is 5.38. The van der Waals surface area contributed by atoms with E-state index in [1.54, 1.807) is 6.20 Å². The first kappa shape index (κ1) is 22.3. The summed E-state index contributed by atoms with van der Waals surface area (Å²) in [7, 11) is 0. The van der Waals surface area contributed by atoms with E-state index in [0.717, 1.165) is 17.7 Å². The second kappa shape index (κ2) is 11.7. The van der Waals surface area contributed by atoms with Gasteiger partial charge in [-0.2, -0.15) is 0 Å². The number of carbonyl (C=O) groups excluding carboxylic acids is 1. The van der Waals surface area contributed by atoms with Crippen molar-refractivity contribution in [2.24, 2.45) is 11.8 Å². The van der Waals surface area contributed by atoms with Crippen LogP contribution in [0.2, 0.25) is 5.02 Å². The normalized spacial score (nSPS) is 15.5. The van der Waals surface area contributed by atoms with Gasteiger partial charge in [0, 0.05) is 35.9 Å². The van der Waals surface area contributed by atoms with Gasteiger partial charge in [-0.1, -0.05) is 44.7 Å². The molecule has 1 aromatic rings. The molecule has 0 saturated carbocycles.